The molecule has 19 heavy (non-hydrogen) atoms. The number of nitrogens with two attached hydrogens (primary N) is 1. The Bertz CT molecular complexity index is 587. The van der Waals surface area contributed by atoms with E-state index in [1.165, 1.54) is 6.42 Å². The summed E-state index contributed by atoms with van der Waals surface area (Å²) in [5.41, 5.74) is 6.74. The monoisotopic (exact) mass is 256 g/mol. The van der Waals surface area contributed by atoms with E-state index < -0.39 is 5.91 Å². The van der Waals surface area contributed by atoms with Crippen molar-refractivity contribution in [1.82, 2.24) is 9.78 Å². The maximum absolute atomic E-state index is 11.5. The second kappa shape index (κ2) is 4.76. The number of nitrogens with one attached hydrogen (secondary N) is 1. The Kier molecular flexibility index (Phi) is 2.95. The molecule has 0 aliphatic heterocycles. The highest BCUT2D eigenvalue weighted by molar-refractivity contribution is 5.98. The zero-order valence-electron chi connectivity index (χ0n) is 10.5. The summed E-state index contributed by atoms with van der Waals surface area (Å²) in [6.07, 6.45) is 5.20. The number of benzene rings is 1. The summed E-state index contributed by atoms with van der Waals surface area (Å²) in [4.78, 5) is 11.5. The van der Waals surface area contributed by atoms with E-state index in [4.69, 9.17) is 5.73 Å². The Morgan fingerprint density at radius 3 is 2.63 bits per heavy atom. The van der Waals surface area contributed by atoms with E-state index in [1.54, 1.807) is 6.20 Å². The van der Waals surface area contributed by atoms with Gasteiger partial charge in [-0.15, -0.1) is 0 Å². The molecule has 1 amide bonds. The van der Waals surface area contributed by atoms with Crippen molar-refractivity contribution in [2.24, 2.45) is 5.73 Å². The molecule has 3 rings (SSSR count). The molecular formula is C14H16N4O. The lowest BCUT2D eigenvalue weighted by atomic mass is 9.93. The summed E-state index contributed by atoms with van der Waals surface area (Å²) in [6.45, 7) is 0. The summed E-state index contributed by atoms with van der Waals surface area (Å²) >= 11 is 0. The first-order valence-electron chi connectivity index (χ1n) is 6.45. The van der Waals surface area contributed by atoms with Crippen LogP contribution in [0.1, 0.15) is 35.7 Å². The van der Waals surface area contributed by atoms with E-state index in [-0.39, 0.29) is 0 Å². The maximum atomic E-state index is 11.5. The molecule has 1 fully saturated rings. The van der Waals surface area contributed by atoms with Gasteiger partial charge in [-0.25, -0.2) is 0 Å². The van der Waals surface area contributed by atoms with Gasteiger partial charge in [0, 0.05) is 11.9 Å². The van der Waals surface area contributed by atoms with Gasteiger partial charge in [0.2, 0.25) is 0 Å². The Labute approximate surface area is 111 Å². The summed E-state index contributed by atoms with van der Waals surface area (Å²) in [5, 5.41) is 7.60. The number of primary amides is 1. The highest BCUT2D eigenvalue weighted by Gasteiger charge is 2.23. The molecule has 5 heteroatoms. The lowest BCUT2D eigenvalue weighted by molar-refractivity contribution is 0.100. The minimum absolute atomic E-state index is 0.407. The third-order valence-corrected chi connectivity index (χ3v) is 3.48. The molecule has 3 N–H and O–H groups in total. The fourth-order valence-corrected chi connectivity index (χ4v) is 2.16. The smallest absolute Gasteiger partial charge is 0.254 e. The Hall–Kier alpha value is -2.30. The third kappa shape index (κ3) is 2.31. The SMILES string of the molecule is NC(=O)c1cn(C2CCC2)nc1Nc1ccccc1. The van der Waals surface area contributed by atoms with Crippen molar-refractivity contribution >= 4 is 17.4 Å². The van der Waals surface area contributed by atoms with Gasteiger partial charge in [-0.2, -0.15) is 5.10 Å². The largest absolute Gasteiger partial charge is 0.365 e. The number of rotatable bonds is 4. The number of carbonyl (C=O) groups is 1. The fourth-order valence-electron chi connectivity index (χ4n) is 2.16. The van der Waals surface area contributed by atoms with Crippen molar-refractivity contribution < 1.29 is 4.79 Å². The molecule has 1 aromatic carbocycles. The van der Waals surface area contributed by atoms with Crippen LogP contribution < -0.4 is 11.1 Å². The lowest BCUT2D eigenvalue weighted by Crippen LogP contribution is -2.17. The summed E-state index contributed by atoms with van der Waals surface area (Å²) in [7, 11) is 0. The lowest BCUT2D eigenvalue weighted by Gasteiger charge is -2.25. The van der Waals surface area contributed by atoms with E-state index in [9.17, 15) is 4.79 Å². The molecule has 0 bridgehead atoms. The summed E-state index contributed by atoms with van der Waals surface area (Å²) < 4.78 is 1.86. The number of hydrogen-bond acceptors (Lipinski definition) is 3. The molecule has 1 aromatic heterocycles. The van der Waals surface area contributed by atoms with E-state index in [0.717, 1.165) is 18.5 Å². The molecule has 1 aliphatic carbocycles. The van der Waals surface area contributed by atoms with Crippen LogP contribution >= 0.6 is 0 Å². The van der Waals surface area contributed by atoms with E-state index in [0.29, 0.717) is 17.4 Å². The predicted octanol–water partition coefficient (Wildman–Crippen LogP) is 2.45. The van der Waals surface area contributed by atoms with Gasteiger partial charge in [0.05, 0.1) is 6.04 Å². The van der Waals surface area contributed by atoms with Gasteiger partial charge >= 0.3 is 0 Å². The van der Waals surface area contributed by atoms with Gasteiger partial charge in [0.15, 0.2) is 5.82 Å². The normalized spacial score (nSPS) is 14.9. The molecule has 98 valence electrons. The zero-order valence-corrected chi connectivity index (χ0v) is 10.5. The molecule has 1 heterocycles. The average molecular weight is 256 g/mol. The minimum atomic E-state index is -0.455. The topological polar surface area (TPSA) is 72.9 Å². The van der Waals surface area contributed by atoms with Crippen LogP contribution in [-0.4, -0.2) is 15.7 Å². The van der Waals surface area contributed by atoms with Crippen molar-refractivity contribution in [3.63, 3.8) is 0 Å². The molecule has 0 saturated heterocycles. The molecule has 0 unspecified atom stereocenters. The van der Waals surface area contributed by atoms with Gasteiger partial charge in [0.1, 0.15) is 5.56 Å². The number of anilines is 2. The first kappa shape index (κ1) is 11.8. The second-order valence-electron chi connectivity index (χ2n) is 4.81. The first-order valence-corrected chi connectivity index (χ1v) is 6.45. The predicted molar refractivity (Wildman–Crippen MR) is 73.4 cm³/mol. The second-order valence-corrected chi connectivity index (χ2v) is 4.81. The molecule has 1 aliphatic rings. The van der Waals surface area contributed by atoms with Crippen LogP contribution in [0.25, 0.3) is 0 Å². The van der Waals surface area contributed by atoms with E-state index >= 15 is 0 Å². The Morgan fingerprint density at radius 1 is 1.32 bits per heavy atom. The highest BCUT2D eigenvalue weighted by Crippen LogP contribution is 2.32. The maximum Gasteiger partial charge on any atom is 0.254 e. The number of hydrogen-bond donors (Lipinski definition) is 2. The standard InChI is InChI=1S/C14H16N4O/c15-13(19)12-9-18(11-7-4-8-11)17-14(12)16-10-5-2-1-3-6-10/h1-3,5-6,9,11H,4,7-8H2,(H2,15,19)(H,16,17). The van der Waals surface area contributed by atoms with Crippen LogP contribution in [0.4, 0.5) is 11.5 Å². The summed E-state index contributed by atoms with van der Waals surface area (Å²) in [6, 6.07) is 10.0. The van der Waals surface area contributed by atoms with E-state index in [1.807, 2.05) is 35.0 Å². The molecule has 1 saturated carbocycles. The van der Waals surface area contributed by atoms with Crippen molar-refractivity contribution in [3.05, 3.63) is 42.1 Å². The fraction of sp³-hybridized carbons (Fsp3) is 0.286. The van der Waals surface area contributed by atoms with E-state index in [2.05, 4.69) is 10.4 Å². The third-order valence-electron chi connectivity index (χ3n) is 3.48. The minimum Gasteiger partial charge on any atom is -0.365 e. The van der Waals surface area contributed by atoms with Gasteiger partial charge in [-0.3, -0.25) is 9.48 Å². The van der Waals surface area contributed by atoms with Crippen LogP contribution in [0.15, 0.2) is 36.5 Å². The number of carbonyl (C=O) groups excluding carboxylic acids is 1. The summed E-state index contributed by atoms with van der Waals surface area (Å²) in [5.74, 6) is 0.0783. The van der Waals surface area contributed by atoms with Gasteiger partial charge < -0.3 is 11.1 Å². The number of para-hydroxylation sites is 1. The average Bonchev–Trinajstić information content (AvgIpc) is 2.72. The van der Waals surface area contributed by atoms with Crippen molar-refractivity contribution in [2.45, 2.75) is 25.3 Å². The molecular weight excluding hydrogens is 240 g/mol. The number of amides is 1. The molecule has 0 atom stereocenters. The van der Waals surface area contributed by atoms with Crippen molar-refractivity contribution in [3.8, 4) is 0 Å². The zero-order chi connectivity index (χ0) is 13.2. The Balaban J connectivity index is 1.90. The van der Waals surface area contributed by atoms with Crippen molar-refractivity contribution in [1.29, 1.82) is 0 Å². The van der Waals surface area contributed by atoms with Crippen molar-refractivity contribution in [2.75, 3.05) is 5.32 Å². The number of aromatic nitrogens is 2. The quantitative estimate of drug-likeness (QED) is 0.882. The molecule has 0 radical (unpaired) electrons. The van der Waals surface area contributed by atoms with Crippen LogP contribution in [0.2, 0.25) is 0 Å². The highest BCUT2D eigenvalue weighted by atomic mass is 16.1. The van der Waals surface area contributed by atoms with Crippen LogP contribution in [0.3, 0.4) is 0 Å². The molecule has 5 nitrogen and oxygen atoms in total. The van der Waals surface area contributed by atoms with Crippen LogP contribution in [-0.2, 0) is 0 Å². The Morgan fingerprint density at radius 2 is 2.05 bits per heavy atom. The van der Waals surface area contributed by atoms with Gasteiger partial charge in [-0.1, -0.05) is 18.2 Å². The number of nitrogens with zero attached hydrogens (tertiary/aromatic N) is 2. The molecule has 2 aromatic rings. The van der Waals surface area contributed by atoms with Gasteiger partial charge in [0.25, 0.3) is 5.91 Å². The van der Waals surface area contributed by atoms with Gasteiger partial charge in [-0.05, 0) is 31.4 Å². The molecule has 0 spiro atoms. The van der Waals surface area contributed by atoms with Crippen LogP contribution in [0.5, 0.6) is 0 Å². The first-order chi connectivity index (χ1) is 9.24. The van der Waals surface area contributed by atoms with Crippen LogP contribution in [0, 0.1) is 0 Å².